The lowest BCUT2D eigenvalue weighted by Gasteiger charge is -2.67. The molecule has 0 spiro atoms. The van der Waals surface area contributed by atoms with Crippen LogP contribution in [0.25, 0.3) is 0 Å². The molecule has 0 aromatic heterocycles. The number of Topliss-reactive ketones (excluding diaryl/α,β-unsaturated/α-hetero) is 2. The van der Waals surface area contributed by atoms with Crippen molar-refractivity contribution in [1.82, 2.24) is 5.32 Å². The fourth-order valence-corrected chi connectivity index (χ4v) is 11.1. The Morgan fingerprint density at radius 3 is 2.01 bits per heavy atom. The van der Waals surface area contributed by atoms with E-state index in [-0.39, 0.29) is 60.3 Å². The SMILES string of the molecule is C#CCCC(=O)CCC(=O)O[C@@H](C(=O)OC1C[C@@]2(O)C(OC(=O)c3ccccc3)[C@@H]3[C@]4(OC(C)=O)CO[C@@H]4C[C@H](O)[C@@]3(C)C(=O)[C@H](OC(C)=O)C(=C1C)C2(C)C)[C@@H](NC(=O)c1ccccc1)c1ccccc1. The van der Waals surface area contributed by atoms with E-state index in [9.17, 15) is 39.0 Å². The van der Waals surface area contributed by atoms with Crippen molar-refractivity contribution in [2.45, 2.75) is 134 Å². The molecular formula is C55H59NO16. The van der Waals surface area contributed by atoms with Gasteiger partial charge in [0.15, 0.2) is 17.5 Å². The number of fused-ring (bicyclic) bond motifs is 5. The van der Waals surface area contributed by atoms with Gasteiger partial charge in [-0.25, -0.2) is 9.59 Å². The number of rotatable bonds is 16. The van der Waals surface area contributed by atoms with Crippen LogP contribution < -0.4 is 5.32 Å². The summed E-state index contributed by atoms with van der Waals surface area (Å²) in [6.07, 6.45) is -6.27. The number of esters is 5. The Hall–Kier alpha value is -7.00. The van der Waals surface area contributed by atoms with Crippen molar-refractivity contribution in [2.24, 2.45) is 16.7 Å². The summed E-state index contributed by atoms with van der Waals surface area (Å²) in [4.78, 5) is 112. The molecule has 72 heavy (non-hydrogen) atoms. The average Bonchev–Trinajstić information content (AvgIpc) is 3.35. The minimum Gasteiger partial charge on any atom is -0.455 e. The molecular weight excluding hydrogens is 931 g/mol. The summed E-state index contributed by atoms with van der Waals surface area (Å²) in [6, 6.07) is 22.4. The van der Waals surface area contributed by atoms with Crippen LogP contribution in [-0.4, -0.2) is 112 Å². The zero-order chi connectivity index (χ0) is 52.3. The summed E-state index contributed by atoms with van der Waals surface area (Å²) >= 11 is 0. The summed E-state index contributed by atoms with van der Waals surface area (Å²) in [5, 5.41) is 28.9. The van der Waals surface area contributed by atoms with Crippen molar-refractivity contribution in [2.75, 3.05) is 6.61 Å². The molecule has 4 aliphatic rings. The molecule has 17 heteroatoms. The first kappa shape index (κ1) is 52.8. The van der Waals surface area contributed by atoms with E-state index in [4.69, 9.17) is 34.8 Å². The third-order valence-corrected chi connectivity index (χ3v) is 14.9. The molecule has 380 valence electrons. The highest BCUT2D eigenvalue weighted by atomic mass is 16.6. The number of nitrogens with one attached hydrogen (secondary N) is 1. The summed E-state index contributed by atoms with van der Waals surface area (Å²) in [7, 11) is 0. The van der Waals surface area contributed by atoms with Gasteiger partial charge in [0.25, 0.3) is 5.91 Å². The number of terminal acetylenes is 1. The maximum absolute atomic E-state index is 15.7. The van der Waals surface area contributed by atoms with Crippen LogP contribution in [-0.2, 0) is 57.2 Å². The quantitative estimate of drug-likeness (QED) is 0.0736. The number of carbonyl (C=O) groups excluding carboxylic acids is 8. The first-order valence-electron chi connectivity index (χ1n) is 23.8. The standard InChI is InChI=1S/C55H59NO16/c1-8-9-25-37(59)26-27-41(61)70-45(43(34-19-13-10-14-20-34)56-49(63)35-21-15-11-16-22-35)51(65)69-38-29-55(66)48(71-50(64)36-23-17-12-18-24-36)46-53(7,39(60)28-40-54(46,30-67-40)72-33(4)58)47(62)44(68-32(3)57)42(31(38)2)52(55,5)6/h1,10-24,38-40,43-46,48,60,66H,9,25-30H2,2-7H3,(H,56,63)/t38?,39-,40+,43-,44+,45+,46-,48?,53+,54-,55+/m0/s1. The van der Waals surface area contributed by atoms with Gasteiger partial charge in [-0.05, 0) is 54.8 Å². The summed E-state index contributed by atoms with van der Waals surface area (Å²) in [5.74, 6) is -6.16. The highest BCUT2D eigenvalue weighted by Gasteiger charge is 2.78. The maximum atomic E-state index is 15.7. The second-order valence-electron chi connectivity index (χ2n) is 19.6. The molecule has 0 radical (unpaired) electrons. The molecule has 2 saturated carbocycles. The van der Waals surface area contributed by atoms with Gasteiger partial charge in [0.1, 0.15) is 35.7 Å². The molecule has 1 aliphatic heterocycles. The van der Waals surface area contributed by atoms with Crippen molar-refractivity contribution >= 4 is 47.3 Å². The number of amides is 1. The van der Waals surface area contributed by atoms with Crippen molar-refractivity contribution in [3.05, 3.63) is 119 Å². The van der Waals surface area contributed by atoms with E-state index in [1.807, 2.05) is 0 Å². The van der Waals surface area contributed by atoms with Crippen LogP contribution in [0.2, 0.25) is 0 Å². The number of aliphatic hydroxyl groups excluding tert-OH is 1. The zero-order valence-electron chi connectivity index (χ0n) is 40.9. The van der Waals surface area contributed by atoms with Gasteiger partial charge in [-0.1, -0.05) is 80.6 Å². The predicted octanol–water partition coefficient (Wildman–Crippen LogP) is 5.05. The van der Waals surface area contributed by atoms with Crippen LogP contribution in [0, 0.1) is 29.1 Å². The van der Waals surface area contributed by atoms with Gasteiger partial charge in [-0.2, -0.15) is 0 Å². The molecule has 3 fully saturated rings. The fourth-order valence-electron chi connectivity index (χ4n) is 11.1. The number of aliphatic hydroxyl groups is 2. The number of ketones is 2. The molecule has 3 aromatic carbocycles. The highest BCUT2D eigenvalue weighted by Crippen LogP contribution is 2.64. The smallest absolute Gasteiger partial charge is 0.350 e. The van der Waals surface area contributed by atoms with Crippen molar-refractivity contribution < 1.29 is 77.0 Å². The third kappa shape index (κ3) is 9.82. The molecule has 2 bridgehead atoms. The lowest BCUT2D eigenvalue weighted by molar-refractivity contribution is -0.346. The molecule has 3 aromatic rings. The number of benzene rings is 3. The lowest BCUT2D eigenvalue weighted by atomic mass is 9.44. The van der Waals surface area contributed by atoms with E-state index in [1.165, 1.54) is 52.0 Å². The molecule has 1 heterocycles. The Morgan fingerprint density at radius 2 is 1.44 bits per heavy atom. The normalized spacial score (nSPS) is 28.8. The first-order valence-corrected chi connectivity index (χ1v) is 23.8. The Bertz CT molecular complexity index is 2680. The Kier molecular flexibility index (Phi) is 15.4. The van der Waals surface area contributed by atoms with Gasteiger partial charge >= 0.3 is 29.8 Å². The second kappa shape index (κ2) is 21.0. The van der Waals surface area contributed by atoms with E-state index < -0.39 is 125 Å². The van der Waals surface area contributed by atoms with Crippen LogP contribution in [0.3, 0.4) is 0 Å². The molecule has 3 N–H and O–H groups in total. The molecule has 11 atom stereocenters. The van der Waals surface area contributed by atoms with Crippen LogP contribution >= 0.6 is 0 Å². The maximum Gasteiger partial charge on any atom is 0.350 e. The number of hydrogen-bond donors (Lipinski definition) is 3. The van der Waals surface area contributed by atoms with E-state index in [2.05, 4.69) is 11.2 Å². The number of hydrogen-bond acceptors (Lipinski definition) is 16. The minimum absolute atomic E-state index is 0.00293. The summed E-state index contributed by atoms with van der Waals surface area (Å²) < 4.78 is 36.7. The van der Waals surface area contributed by atoms with Crippen molar-refractivity contribution in [3.8, 4) is 12.3 Å². The molecule has 3 aliphatic carbocycles. The van der Waals surface area contributed by atoms with Gasteiger partial charge in [-0.3, -0.25) is 28.8 Å². The molecule has 1 saturated heterocycles. The van der Waals surface area contributed by atoms with Crippen LogP contribution in [0.1, 0.15) is 112 Å². The molecule has 7 rings (SSSR count). The van der Waals surface area contributed by atoms with E-state index in [1.54, 1.807) is 66.7 Å². The van der Waals surface area contributed by atoms with E-state index in [0.29, 0.717) is 5.56 Å². The monoisotopic (exact) mass is 989 g/mol. The van der Waals surface area contributed by atoms with E-state index >= 15 is 9.59 Å². The van der Waals surface area contributed by atoms with Crippen molar-refractivity contribution in [3.63, 3.8) is 0 Å². The van der Waals surface area contributed by atoms with Crippen LogP contribution in [0.4, 0.5) is 0 Å². The number of ether oxygens (including phenoxy) is 6. The van der Waals surface area contributed by atoms with Gasteiger partial charge in [-0.15, -0.1) is 12.3 Å². The highest BCUT2D eigenvalue weighted by molar-refractivity contribution is 5.96. The Balaban J connectivity index is 1.40. The Morgan fingerprint density at radius 1 is 0.833 bits per heavy atom. The summed E-state index contributed by atoms with van der Waals surface area (Å²) in [6.45, 7) is 7.78. The number of carbonyl (C=O) groups is 8. The fraction of sp³-hybridized carbons (Fsp3) is 0.455. The molecule has 2 unspecified atom stereocenters. The first-order chi connectivity index (χ1) is 34.1. The minimum atomic E-state index is -2.49. The third-order valence-electron chi connectivity index (χ3n) is 14.9. The van der Waals surface area contributed by atoms with Crippen LogP contribution in [0.5, 0.6) is 0 Å². The predicted molar refractivity (Wildman–Crippen MR) is 254 cm³/mol. The topological polar surface area (TPSA) is 244 Å². The largest absolute Gasteiger partial charge is 0.455 e. The van der Waals surface area contributed by atoms with Crippen LogP contribution in [0.15, 0.2) is 102 Å². The van der Waals surface area contributed by atoms with Crippen molar-refractivity contribution in [1.29, 1.82) is 0 Å². The Labute approximate surface area is 416 Å². The average molecular weight is 990 g/mol. The zero-order valence-corrected chi connectivity index (χ0v) is 40.9. The second-order valence-corrected chi connectivity index (χ2v) is 19.6. The molecule has 1 amide bonds. The van der Waals surface area contributed by atoms with Gasteiger partial charge in [0.05, 0.1) is 36.0 Å². The molecule has 17 nitrogen and oxygen atoms in total. The van der Waals surface area contributed by atoms with E-state index in [0.717, 1.165) is 13.8 Å². The van der Waals surface area contributed by atoms with Gasteiger partial charge in [0, 0.05) is 56.9 Å². The van der Waals surface area contributed by atoms with Gasteiger partial charge < -0.3 is 44.0 Å². The van der Waals surface area contributed by atoms with Gasteiger partial charge in [0.2, 0.25) is 6.10 Å². The lowest BCUT2D eigenvalue weighted by Crippen LogP contribution is -2.82. The summed E-state index contributed by atoms with van der Waals surface area (Å²) in [5.41, 5.74) is -7.63.